The lowest BCUT2D eigenvalue weighted by Gasteiger charge is -2.26. The number of carbonyl (C=O) groups is 2. The van der Waals surface area contributed by atoms with Gasteiger partial charge in [-0.25, -0.2) is 4.79 Å². The monoisotopic (exact) mass is 605 g/mol. The number of nitrogens with one attached hydrogen (secondary N) is 1. The first-order chi connectivity index (χ1) is 21.5. The molecular formula is C37H39N3O5. The molecule has 1 amide bonds. The zero-order valence-electron chi connectivity index (χ0n) is 26.3. The van der Waals surface area contributed by atoms with Gasteiger partial charge in [0.15, 0.2) is 0 Å². The molecule has 4 aromatic rings. The Kier molecular flexibility index (Phi) is 8.34. The number of aryl methyl sites for hydroxylation is 1. The lowest BCUT2D eigenvalue weighted by atomic mass is 9.96. The molecule has 0 unspecified atom stereocenters. The predicted octanol–water partition coefficient (Wildman–Crippen LogP) is 6.87. The average Bonchev–Trinajstić information content (AvgIpc) is 3.82. The van der Waals surface area contributed by atoms with Crippen molar-refractivity contribution in [3.8, 4) is 11.1 Å². The fraction of sp³-hybridized carbons (Fsp3) is 0.324. The van der Waals surface area contributed by atoms with E-state index in [0.29, 0.717) is 36.6 Å². The third-order valence-corrected chi connectivity index (χ3v) is 8.14. The number of aromatic nitrogens is 1. The minimum Gasteiger partial charge on any atom is -0.427 e. The molecule has 0 atom stereocenters. The summed E-state index contributed by atoms with van der Waals surface area (Å²) in [4.78, 5) is 43.4. The summed E-state index contributed by atoms with van der Waals surface area (Å²) in [6, 6.07) is 22.2. The number of nitrogens with zero attached hydrogens (tertiary/aromatic N) is 2. The van der Waals surface area contributed by atoms with Crippen molar-refractivity contribution < 1.29 is 19.2 Å². The van der Waals surface area contributed by atoms with E-state index < -0.39 is 11.8 Å². The zero-order valence-corrected chi connectivity index (χ0v) is 26.3. The SMILES string of the molecule is Cc1ccc(C(=O)NC2CC2)cc1-c1ccc2c(=O)n(Cc3ccc(C4=CCN(OC(=O)OC(C)(C)C)CC4)cc3)ccc2c1. The third-order valence-electron chi connectivity index (χ3n) is 8.14. The van der Waals surface area contributed by atoms with Gasteiger partial charge in [-0.1, -0.05) is 42.5 Å². The van der Waals surface area contributed by atoms with Gasteiger partial charge in [-0.05, 0) is 116 Å². The van der Waals surface area contributed by atoms with Crippen LogP contribution in [0.5, 0.6) is 0 Å². The molecule has 1 saturated carbocycles. The molecule has 0 saturated heterocycles. The van der Waals surface area contributed by atoms with E-state index in [1.807, 2.05) is 55.6 Å². The highest BCUT2D eigenvalue weighted by molar-refractivity contribution is 5.96. The minimum absolute atomic E-state index is 0.0394. The van der Waals surface area contributed by atoms with Gasteiger partial charge < -0.3 is 19.5 Å². The smallest absolute Gasteiger partial charge is 0.427 e. The average molecular weight is 606 g/mol. The summed E-state index contributed by atoms with van der Waals surface area (Å²) in [5.74, 6) is -0.0394. The highest BCUT2D eigenvalue weighted by Gasteiger charge is 2.24. The van der Waals surface area contributed by atoms with E-state index in [1.54, 1.807) is 30.4 Å². The van der Waals surface area contributed by atoms with Gasteiger partial charge in [0.2, 0.25) is 0 Å². The van der Waals surface area contributed by atoms with Crippen LogP contribution in [0.25, 0.3) is 27.5 Å². The van der Waals surface area contributed by atoms with Crippen LogP contribution in [0.15, 0.2) is 83.8 Å². The predicted molar refractivity (Wildman–Crippen MR) is 176 cm³/mol. The fourth-order valence-electron chi connectivity index (χ4n) is 5.54. The lowest BCUT2D eigenvalue weighted by molar-refractivity contribution is -0.137. The molecule has 45 heavy (non-hydrogen) atoms. The highest BCUT2D eigenvalue weighted by Crippen LogP contribution is 2.28. The number of pyridine rings is 1. The normalized spacial score (nSPS) is 15.4. The number of rotatable bonds is 7. The van der Waals surface area contributed by atoms with Gasteiger partial charge in [-0.2, -0.15) is 0 Å². The van der Waals surface area contributed by atoms with Crippen molar-refractivity contribution in [2.45, 2.75) is 65.1 Å². The van der Waals surface area contributed by atoms with Crippen molar-refractivity contribution in [3.63, 3.8) is 0 Å². The van der Waals surface area contributed by atoms with Crippen LogP contribution in [-0.4, -0.2) is 46.4 Å². The van der Waals surface area contributed by atoms with Crippen molar-refractivity contribution in [1.82, 2.24) is 14.9 Å². The molecule has 8 heteroatoms. The Bertz CT molecular complexity index is 1850. The largest absolute Gasteiger partial charge is 0.528 e. The molecule has 6 rings (SSSR count). The van der Waals surface area contributed by atoms with Crippen LogP contribution in [0.4, 0.5) is 4.79 Å². The van der Waals surface area contributed by atoms with E-state index in [9.17, 15) is 14.4 Å². The minimum atomic E-state index is -0.692. The number of amides is 1. The molecule has 0 spiro atoms. The molecule has 1 aliphatic carbocycles. The Balaban J connectivity index is 1.13. The topological polar surface area (TPSA) is 89.9 Å². The van der Waals surface area contributed by atoms with Crippen LogP contribution in [0, 0.1) is 6.92 Å². The molecule has 8 nitrogen and oxygen atoms in total. The van der Waals surface area contributed by atoms with Crippen molar-refractivity contribution in [2.75, 3.05) is 13.1 Å². The van der Waals surface area contributed by atoms with Gasteiger partial charge in [0.25, 0.3) is 11.5 Å². The van der Waals surface area contributed by atoms with Crippen LogP contribution >= 0.6 is 0 Å². The van der Waals surface area contributed by atoms with Crippen LogP contribution in [0.3, 0.4) is 0 Å². The first kappa shape index (κ1) is 30.3. The second-order valence-electron chi connectivity index (χ2n) is 12.9. The van der Waals surface area contributed by atoms with Gasteiger partial charge in [-0.3, -0.25) is 9.59 Å². The first-order valence-corrected chi connectivity index (χ1v) is 15.5. The van der Waals surface area contributed by atoms with Crippen molar-refractivity contribution in [3.05, 3.63) is 112 Å². The zero-order chi connectivity index (χ0) is 31.7. The molecule has 1 aromatic heterocycles. The number of hydrogen-bond donors (Lipinski definition) is 1. The second-order valence-corrected chi connectivity index (χ2v) is 12.9. The van der Waals surface area contributed by atoms with Gasteiger partial charge in [-0.15, -0.1) is 5.06 Å². The van der Waals surface area contributed by atoms with Crippen LogP contribution in [-0.2, 0) is 16.1 Å². The van der Waals surface area contributed by atoms with E-state index >= 15 is 0 Å². The molecule has 2 heterocycles. The Labute approximate surface area is 263 Å². The molecule has 0 bridgehead atoms. The van der Waals surface area contributed by atoms with Crippen LogP contribution < -0.4 is 10.9 Å². The highest BCUT2D eigenvalue weighted by atomic mass is 16.8. The molecular weight excluding hydrogens is 566 g/mol. The van der Waals surface area contributed by atoms with Crippen molar-refractivity contribution >= 4 is 28.4 Å². The molecule has 2 aliphatic rings. The summed E-state index contributed by atoms with van der Waals surface area (Å²) >= 11 is 0. The molecule has 1 N–H and O–H groups in total. The Morgan fingerprint density at radius 2 is 1.71 bits per heavy atom. The summed E-state index contributed by atoms with van der Waals surface area (Å²) in [5, 5.41) is 6.18. The standard InChI is InChI=1S/C37H39N3O5/c1-24-5-8-30(34(41)38-31-12-13-31)22-33(24)28-11-14-32-29(21-28)15-18-39(35(32)42)23-25-6-9-26(10-7-25)27-16-19-40(20-17-27)45-36(43)44-37(2,3)4/h5-11,14-16,18,21-22,31H,12-13,17,19-20,23H2,1-4H3,(H,38,41). The van der Waals surface area contributed by atoms with Gasteiger partial charge in [0, 0.05) is 29.7 Å². The number of hydrogen-bond acceptors (Lipinski definition) is 6. The maximum atomic E-state index is 13.4. The van der Waals surface area contributed by atoms with E-state index in [-0.39, 0.29) is 11.5 Å². The van der Waals surface area contributed by atoms with Crippen molar-refractivity contribution in [1.29, 1.82) is 0 Å². The van der Waals surface area contributed by atoms with E-state index in [4.69, 9.17) is 9.57 Å². The number of hydroxylamine groups is 2. The lowest BCUT2D eigenvalue weighted by Crippen LogP contribution is -2.34. The number of ether oxygens (including phenoxy) is 1. The Morgan fingerprint density at radius 1 is 0.956 bits per heavy atom. The van der Waals surface area contributed by atoms with E-state index in [1.165, 1.54) is 5.57 Å². The summed E-state index contributed by atoms with van der Waals surface area (Å²) < 4.78 is 6.97. The maximum Gasteiger partial charge on any atom is 0.528 e. The van der Waals surface area contributed by atoms with Gasteiger partial charge in [0.1, 0.15) is 5.60 Å². The number of benzene rings is 3. The molecule has 232 valence electrons. The molecule has 1 aliphatic heterocycles. The molecule has 3 aromatic carbocycles. The quantitative estimate of drug-likeness (QED) is 0.231. The Hall–Kier alpha value is -4.69. The van der Waals surface area contributed by atoms with Crippen LogP contribution in [0.1, 0.15) is 67.1 Å². The summed E-state index contributed by atoms with van der Waals surface area (Å²) in [7, 11) is 0. The van der Waals surface area contributed by atoms with E-state index in [2.05, 4.69) is 35.7 Å². The van der Waals surface area contributed by atoms with Gasteiger partial charge in [0.05, 0.1) is 13.1 Å². The third kappa shape index (κ3) is 7.35. The molecule has 1 fully saturated rings. The number of fused-ring (bicyclic) bond motifs is 1. The Morgan fingerprint density at radius 3 is 2.40 bits per heavy atom. The van der Waals surface area contributed by atoms with Crippen molar-refractivity contribution in [2.24, 2.45) is 0 Å². The summed E-state index contributed by atoms with van der Waals surface area (Å²) in [5.41, 5.74) is 6.37. The van der Waals surface area contributed by atoms with Crippen LogP contribution in [0.2, 0.25) is 0 Å². The fourth-order valence-corrected chi connectivity index (χ4v) is 5.54. The number of carbonyl (C=O) groups excluding carboxylic acids is 2. The second kappa shape index (κ2) is 12.4. The summed E-state index contributed by atoms with van der Waals surface area (Å²) in [6.07, 6.45) is 6.05. The van der Waals surface area contributed by atoms with E-state index in [0.717, 1.165) is 52.5 Å². The maximum absolute atomic E-state index is 13.4. The van der Waals surface area contributed by atoms with Gasteiger partial charge >= 0.3 is 6.16 Å². The summed E-state index contributed by atoms with van der Waals surface area (Å²) in [6.45, 7) is 8.99. The first-order valence-electron chi connectivity index (χ1n) is 15.5. The molecule has 0 radical (unpaired) electrons.